The van der Waals surface area contributed by atoms with E-state index in [9.17, 15) is 9.59 Å². The quantitative estimate of drug-likeness (QED) is 0.333. The fourth-order valence-corrected chi connectivity index (χ4v) is 3.98. The zero-order chi connectivity index (χ0) is 19.2. The van der Waals surface area contributed by atoms with E-state index < -0.39 is 0 Å². The summed E-state index contributed by atoms with van der Waals surface area (Å²) in [6.07, 6.45) is 0. The first kappa shape index (κ1) is 19.7. The molecular formula is C20H17ClN2O2S2. The third-order valence-corrected chi connectivity index (χ3v) is 5.86. The number of nitrogens with one attached hydrogen (secondary N) is 1. The molecule has 0 saturated heterocycles. The van der Waals surface area contributed by atoms with Crippen molar-refractivity contribution in [3.63, 3.8) is 0 Å². The van der Waals surface area contributed by atoms with Gasteiger partial charge in [0.1, 0.15) is 0 Å². The van der Waals surface area contributed by atoms with Crippen LogP contribution in [0.3, 0.4) is 0 Å². The largest absolute Gasteiger partial charge is 0.301 e. The number of carbonyl (C=O) groups is 1. The molecule has 1 N–H and O–H groups in total. The first-order valence-corrected chi connectivity index (χ1v) is 10.6. The molecule has 0 amide bonds. The minimum atomic E-state index is -0.220. The first-order chi connectivity index (χ1) is 13.0. The Labute approximate surface area is 170 Å². The predicted molar refractivity (Wildman–Crippen MR) is 112 cm³/mol. The number of hydrogen-bond acceptors (Lipinski definition) is 5. The van der Waals surface area contributed by atoms with Crippen molar-refractivity contribution in [2.24, 2.45) is 0 Å². The van der Waals surface area contributed by atoms with Gasteiger partial charge in [0.15, 0.2) is 10.9 Å². The summed E-state index contributed by atoms with van der Waals surface area (Å²) in [4.78, 5) is 32.4. The number of carbonyl (C=O) groups excluding carboxylic acids is 1. The van der Waals surface area contributed by atoms with E-state index in [0.29, 0.717) is 27.2 Å². The number of H-pyrrole nitrogens is 1. The average molecular weight is 417 g/mol. The molecule has 138 valence electrons. The molecule has 0 spiro atoms. The first-order valence-electron chi connectivity index (χ1n) is 8.21. The number of ketones is 1. The highest BCUT2D eigenvalue weighted by Gasteiger charge is 2.09. The molecule has 0 bridgehead atoms. The molecule has 7 heteroatoms. The number of hydrogen-bond donors (Lipinski definition) is 1. The van der Waals surface area contributed by atoms with Gasteiger partial charge >= 0.3 is 0 Å². The topological polar surface area (TPSA) is 62.8 Å². The molecule has 0 saturated carbocycles. The normalized spacial score (nSPS) is 10.7. The molecule has 1 aromatic heterocycles. The number of aryl methyl sites for hydroxylation is 1. The number of aromatic nitrogens is 2. The summed E-state index contributed by atoms with van der Waals surface area (Å²) in [5.41, 5.74) is 2.21. The fraction of sp³-hybridized carbons (Fsp3) is 0.150. The summed E-state index contributed by atoms with van der Waals surface area (Å²) < 4.78 is 0. The second-order valence-electron chi connectivity index (χ2n) is 5.86. The van der Waals surface area contributed by atoms with Gasteiger partial charge in [-0.15, -0.1) is 11.8 Å². The number of Topliss-reactive ketones (excluding diaryl/α,β-unsaturated/α-hetero) is 1. The number of halogens is 1. The Bertz CT molecular complexity index is 986. The van der Waals surface area contributed by atoms with E-state index in [4.69, 9.17) is 11.6 Å². The Morgan fingerprint density at radius 2 is 1.78 bits per heavy atom. The lowest BCUT2D eigenvalue weighted by atomic mass is 10.1. The van der Waals surface area contributed by atoms with Crippen molar-refractivity contribution in [3.05, 3.63) is 86.8 Å². The summed E-state index contributed by atoms with van der Waals surface area (Å²) in [6, 6.07) is 16.4. The molecule has 0 aliphatic heterocycles. The molecule has 0 atom stereocenters. The number of rotatable bonds is 7. The van der Waals surface area contributed by atoms with Gasteiger partial charge in [-0.25, -0.2) is 4.98 Å². The SMILES string of the molecule is Cc1ccc(C(=O)CSc2nc(CSc3ccc(Cl)cc3)cc(=O)[nH]2)cc1. The van der Waals surface area contributed by atoms with Crippen LogP contribution in [-0.2, 0) is 5.75 Å². The van der Waals surface area contributed by atoms with E-state index in [1.807, 2.05) is 55.5 Å². The van der Waals surface area contributed by atoms with E-state index in [0.717, 1.165) is 10.5 Å². The molecule has 2 aromatic carbocycles. The number of nitrogens with zero attached hydrogens (tertiary/aromatic N) is 1. The molecule has 1 heterocycles. The van der Waals surface area contributed by atoms with Gasteiger partial charge in [0.2, 0.25) is 0 Å². The van der Waals surface area contributed by atoms with Crippen molar-refractivity contribution in [1.29, 1.82) is 0 Å². The smallest absolute Gasteiger partial charge is 0.251 e. The molecule has 0 aliphatic carbocycles. The average Bonchev–Trinajstić information content (AvgIpc) is 2.66. The summed E-state index contributed by atoms with van der Waals surface area (Å²) >= 11 is 8.69. The van der Waals surface area contributed by atoms with Crippen LogP contribution < -0.4 is 5.56 Å². The van der Waals surface area contributed by atoms with E-state index in [1.165, 1.54) is 17.8 Å². The minimum absolute atomic E-state index is 0.00333. The second-order valence-corrected chi connectivity index (χ2v) is 8.31. The molecule has 0 unspecified atom stereocenters. The van der Waals surface area contributed by atoms with Crippen LogP contribution in [0.5, 0.6) is 0 Å². The zero-order valence-electron chi connectivity index (χ0n) is 14.6. The summed E-state index contributed by atoms with van der Waals surface area (Å²) in [5, 5.41) is 1.14. The van der Waals surface area contributed by atoms with Crippen LogP contribution in [0.4, 0.5) is 0 Å². The number of benzene rings is 2. The molecular weight excluding hydrogens is 400 g/mol. The number of aromatic amines is 1. The molecule has 0 aliphatic rings. The van der Waals surface area contributed by atoms with Gasteiger partial charge in [-0.1, -0.05) is 53.2 Å². The van der Waals surface area contributed by atoms with E-state index in [-0.39, 0.29) is 17.1 Å². The highest BCUT2D eigenvalue weighted by molar-refractivity contribution is 7.99. The molecule has 0 fully saturated rings. The molecule has 0 radical (unpaired) electrons. The van der Waals surface area contributed by atoms with Crippen molar-refractivity contribution in [3.8, 4) is 0 Å². The standard InChI is InChI=1S/C20H17ClN2O2S2/c1-13-2-4-14(5-3-13)18(24)12-27-20-22-16(10-19(25)23-20)11-26-17-8-6-15(21)7-9-17/h2-10H,11-12H2,1H3,(H,22,23,25). The second kappa shape index (κ2) is 9.26. The van der Waals surface area contributed by atoms with Crippen LogP contribution >= 0.6 is 35.1 Å². The maximum Gasteiger partial charge on any atom is 0.251 e. The predicted octanol–water partition coefficient (Wildman–Crippen LogP) is 5.00. The van der Waals surface area contributed by atoms with Gasteiger partial charge in [-0.2, -0.15) is 0 Å². The van der Waals surface area contributed by atoms with Gasteiger partial charge in [-0.3, -0.25) is 9.59 Å². The molecule has 4 nitrogen and oxygen atoms in total. The highest BCUT2D eigenvalue weighted by Crippen LogP contribution is 2.24. The van der Waals surface area contributed by atoms with Gasteiger partial charge in [0.05, 0.1) is 11.4 Å². The van der Waals surface area contributed by atoms with Crippen LogP contribution in [-0.4, -0.2) is 21.5 Å². The minimum Gasteiger partial charge on any atom is -0.301 e. The van der Waals surface area contributed by atoms with Crippen molar-refractivity contribution in [1.82, 2.24) is 9.97 Å². The van der Waals surface area contributed by atoms with Gasteiger partial charge in [-0.05, 0) is 31.2 Å². The van der Waals surface area contributed by atoms with Crippen LogP contribution in [0.15, 0.2) is 69.4 Å². The molecule has 3 rings (SSSR count). The van der Waals surface area contributed by atoms with E-state index in [1.54, 1.807) is 11.8 Å². The fourth-order valence-electron chi connectivity index (χ4n) is 2.27. The lowest BCUT2D eigenvalue weighted by molar-refractivity contribution is 0.102. The Balaban J connectivity index is 1.62. The molecule has 27 heavy (non-hydrogen) atoms. The van der Waals surface area contributed by atoms with Crippen molar-refractivity contribution < 1.29 is 4.79 Å². The highest BCUT2D eigenvalue weighted by atomic mass is 35.5. The summed E-state index contributed by atoms with van der Waals surface area (Å²) in [5.74, 6) is 0.786. The lowest BCUT2D eigenvalue weighted by Crippen LogP contribution is -2.11. The van der Waals surface area contributed by atoms with Crippen LogP contribution in [0.2, 0.25) is 5.02 Å². The third-order valence-electron chi connectivity index (χ3n) is 3.69. The Morgan fingerprint density at radius 3 is 2.48 bits per heavy atom. The van der Waals surface area contributed by atoms with Crippen molar-refractivity contribution in [2.75, 3.05) is 5.75 Å². The summed E-state index contributed by atoms with van der Waals surface area (Å²) in [6.45, 7) is 1.98. The molecule has 3 aromatic rings. The monoisotopic (exact) mass is 416 g/mol. The van der Waals surface area contributed by atoms with Gasteiger partial charge < -0.3 is 4.98 Å². The maximum absolute atomic E-state index is 12.3. The summed E-state index contributed by atoms with van der Waals surface area (Å²) in [7, 11) is 0. The number of thioether (sulfide) groups is 2. The lowest BCUT2D eigenvalue weighted by Gasteiger charge is -2.05. The van der Waals surface area contributed by atoms with Crippen molar-refractivity contribution >= 4 is 40.9 Å². The maximum atomic E-state index is 12.3. The third kappa shape index (κ3) is 5.99. The van der Waals surface area contributed by atoms with E-state index in [2.05, 4.69) is 9.97 Å². The van der Waals surface area contributed by atoms with Crippen LogP contribution in [0.1, 0.15) is 21.6 Å². The van der Waals surface area contributed by atoms with E-state index >= 15 is 0 Å². The van der Waals surface area contributed by atoms with Crippen LogP contribution in [0, 0.1) is 6.92 Å². The Hall–Kier alpha value is -2.02. The Morgan fingerprint density at radius 1 is 1.07 bits per heavy atom. The zero-order valence-corrected chi connectivity index (χ0v) is 17.0. The van der Waals surface area contributed by atoms with Gasteiger partial charge in [0.25, 0.3) is 5.56 Å². The Kier molecular flexibility index (Phi) is 6.77. The van der Waals surface area contributed by atoms with Crippen LogP contribution in [0.25, 0.3) is 0 Å². The van der Waals surface area contributed by atoms with Crippen molar-refractivity contribution in [2.45, 2.75) is 22.7 Å². The van der Waals surface area contributed by atoms with Gasteiger partial charge in [0, 0.05) is 27.3 Å².